The number of hydrogen-bond donors (Lipinski definition) is 1. The van der Waals surface area contributed by atoms with Gasteiger partial charge in [0.1, 0.15) is 11.4 Å². The Labute approximate surface area is 202 Å². The molecule has 0 bridgehead atoms. The molecule has 178 valence electrons. The fourth-order valence-corrected chi connectivity index (χ4v) is 6.04. The highest BCUT2D eigenvalue weighted by Gasteiger charge is 2.43. The van der Waals surface area contributed by atoms with Gasteiger partial charge >= 0.3 is 0 Å². The van der Waals surface area contributed by atoms with Crippen LogP contribution in [0.3, 0.4) is 0 Å². The Kier molecular flexibility index (Phi) is 5.86. The summed E-state index contributed by atoms with van der Waals surface area (Å²) in [7, 11) is -3.88. The van der Waals surface area contributed by atoms with E-state index in [4.69, 9.17) is 0 Å². The lowest BCUT2D eigenvalue weighted by atomic mass is 9.86. The number of carbonyl (C=O) groups excluding carboxylic acids is 1. The number of para-hydroxylation sites is 1. The predicted octanol–water partition coefficient (Wildman–Crippen LogP) is 3.78. The molecule has 3 aromatic carbocycles. The number of nitrogens with zero attached hydrogens (tertiary/aromatic N) is 2. The molecule has 1 N–H and O–H groups in total. The number of fused-ring (bicyclic) bond motifs is 1. The smallest absolute Gasteiger partial charge is 0.254 e. The van der Waals surface area contributed by atoms with E-state index in [1.807, 2.05) is 30.3 Å². The summed E-state index contributed by atoms with van der Waals surface area (Å²) in [5.41, 5.74) is 0.370. The van der Waals surface area contributed by atoms with Crippen molar-refractivity contribution in [2.45, 2.75) is 22.7 Å². The van der Waals surface area contributed by atoms with Gasteiger partial charge in [-0.25, -0.2) is 12.8 Å². The second kappa shape index (κ2) is 8.87. The second-order valence-corrected chi connectivity index (χ2v) is 10.9. The summed E-state index contributed by atoms with van der Waals surface area (Å²) in [6.07, 6.45) is 1.94. The average molecular weight is 491 g/mol. The van der Waals surface area contributed by atoms with Gasteiger partial charge in [0.15, 0.2) is 9.84 Å². The molecule has 2 heterocycles. The van der Waals surface area contributed by atoms with Gasteiger partial charge in [0.2, 0.25) is 0 Å². The van der Waals surface area contributed by atoms with Gasteiger partial charge in [-0.3, -0.25) is 9.78 Å². The summed E-state index contributed by atoms with van der Waals surface area (Å²) < 4.78 is 41.0. The molecule has 0 radical (unpaired) electrons. The van der Waals surface area contributed by atoms with Crippen LogP contribution in [-0.4, -0.2) is 48.0 Å². The third kappa shape index (κ3) is 4.67. The zero-order valence-corrected chi connectivity index (χ0v) is 19.6. The maximum Gasteiger partial charge on any atom is 0.254 e. The van der Waals surface area contributed by atoms with Gasteiger partial charge in [0.05, 0.1) is 29.3 Å². The standard InChI is InChI=1S/C27H23FN2O4S/c28-23-14-21(26(31)30-17-27(32,18-30)15-19-6-2-1-3-7-19)11-12-22(23)16-35(33,34)24-10-4-8-20-9-5-13-29-25(20)24/h1-14,32H,15-18H2. The van der Waals surface area contributed by atoms with Gasteiger partial charge < -0.3 is 10.0 Å². The maximum absolute atomic E-state index is 14.9. The zero-order chi connectivity index (χ0) is 24.6. The number of halogens is 1. The minimum Gasteiger partial charge on any atom is -0.386 e. The summed E-state index contributed by atoms with van der Waals surface area (Å²) in [6, 6.07) is 21.6. The predicted molar refractivity (Wildman–Crippen MR) is 130 cm³/mol. The lowest BCUT2D eigenvalue weighted by molar-refractivity contribution is -0.0799. The van der Waals surface area contributed by atoms with Crippen molar-refractivity contribution in [2.75, 3.05) is 13.1 Å². The molecule has 0 saturated carbocycles. The number of amides is 1. The lowest BCUT2D eigenvalue weighted by Gasteiger charge is -2.46. The van der Waals surface area contributed by atoms with E-state index in [0.29, 0.717) is 17.3 Å². The lowest BCUT2D eigenvalue weighted by Crippen LogP contribution is -2.64. The SMILES string of the molecule is O=C(c1ccc(CS(=O)(=O)c2cccc3cccnc23)c(F)c1)N1CC(O)(Cc2ccccc2)C1. The highest BCUT2D eigenvalue weighted by Crippen LogP contribution is 2.28. The third-order valence-corrected chi connectivity index (χ3v) is 7.90. The molecule has 1 saturated heterocycles. The van der Waals surface area contributed by atoms with Crippen LogP contribution in [-0.2, 0) is 22.0 Å². The second-order valence-electron chi connectivity index (χ2n) is 8.94. The summed E-state index contributed by atoms with van der Waals surface area (Å²) in [6.45, 7) is 0.291. The van der Waals surface area contributed by atoms with E-state index in [0.717, 1.165) is 11.6 Å². The number of β-amino-alcohol motifs (C(OH)–C–C–N with tert-alkyl or cyclic N) is 1. The molecular formula is C27H23FN2O4S. The number of benzene rings is 3. The summed E-state index contributed by atoms with van der Waals surface area (Å²) in [5, 5.41) is 11.4. The first-order valence-electron chi connectivity index (χ1n) is 11.1. The van der Waals surface area contributed by atoms with Crippen LogP contribution < -0.4 is 0 Å². The molecule has 0 aliphatic carbocycles. The van der Waals surface area contributed by atoms with Crippen LogP contribution in [0.1, 0.15) is 21.5 Å². The molecule has 1 amide bonds. The quantitative estimate of drug-likeness (QED) is 0.445. The van der Waals surface area contributed by atoms with Crippen molar-refractivity contribution in [3.8, 4) is 0 Å². The van der Waals surface area contributed by atoms with E-state index in [1.54, 1.807) is 24.3 Å². The maximum atomic E-state index is 14.9. The number of rotatable bonds is 6. The summed E-state index contributed by atoms with van der Waals surface area (Å²) >= 11 is 0. The molecule has 8 heteroatoms. The van der Waals surface area contributed by atoms with Crippen LogP contribution in [0.15, 0.2) is 90.0 Å². The molecule has 1 aliphatic rings. The number of likely N-dealkylation sites (tertiary alicyclic amines) is 1. The number of carbonyl (C=O) groups is 1. The van der Waals surface area contributed by atoms with Gasteiger partial charge in [-0.05, 0) is 29.8 Å². The molecule has 0 atom stereocenters. The van der Waals surface area contributed by atoms with Crippen molar-refractivity contribution >= 4 is 26.6 Å². The highest BCUT2D eigenvalue weighted by atomic mass is 32.2. The van der Waals surface area contributed by atoms with Crippen molar-refractivity contribution in [3.05, 3.63) is 108 Å². The van der Waals surface area contributed by atoms with Gasteiger partial charge in [0, 0.05) is 29.1 Å². The summed E-state index contributed by atoms with van der Waals surface area (Å²) in [4.78, 5) is 18.5. The number of pyridine rings is 1. The Balaban J connectivity index is 1.30. The average Bonchev–Trinajstić information content (AvgIpc) is 2.83. The zero-order valence-electron chi connectivity index (χ0n) is 18.8. The first-order valence-corrected chi connectivity index (χ1v) is 12.8. The van der Waals surface area contributed by atoms with E-state index in [2.05, 4.69) is 4.98 Å². The largest absolute Gasteiger partial charge is 0.386 e. The topological polar surface area (TPSA) is 87.6 Å². The minimum absolute atomic E-state index is 0.0290. The molecule has 35 heavy (non-hydrogen) atoms. The summed E-state index contributed by atoms with van der Waals surface area (Å²) in [5.74, 6) is -1.73. The Morgan fingerprint density at radius 1 is 1.00 bits per heavy atom. The monoisotopic (exact) mass is 490 g/mol. The number of aromatic nitrogens is 1. The van der Waals surface area contributed by atoms with E-state index < -0.39 is 32.9 Å². The van der Waals surface area contributed by atoms with Gasteiger partial charge in [0.25, 0.3) is 5.91 Å². The van der Waals surface area contributed by atoms with Crippen LogP contribution in [0.2, 0.25) is 0 Å². The molecular weight excluding hydrogens is 467 g/mol. The van der Waals surface area contributed by atoms with Crippen LogP contribution in [0, 0.1) is 5.82 Å². The van der Waals surface area contributed by atoms with Crippen molar-refractivity contribution in [3.63, 3.8) is 0 Å². The molecule has 6 nitrogen and oxygen atoms in total. The number of sulfone groups is 1. The molecule has 1 aromatic heterocycles. The van der Waals surface area contributed by atoms with E-state index >= 15 is 0 Å². The van der Waals surface area contributed by atoms with E-state index in [9.17, 15) is 22.7 Å². The van der Waals surface area contributed by atoms with Gasteiger partial charge in [-0.2, -0.15) is 0 Å². The van der Waals surface area contributed by atoms with E-state index in [1.165, 1.54) is 29.3 Å². The number of hydrogen-bond acceptors (Lipinski definition) is 5. The molecule has 0 spiro atoms. The van der Waals surface area contributed by atoms with Crippen LogP contribution in [0.4, 0.5) is 4.39 Å². The fourth-order valence-electron chi connectivity index (χ4n) is 4.49. The Hall–Kier alpha value is -3.62. The van der Waals surface area contributed by atoms with Crippen molar-refractivity contribution in [2.24, 2.45) is 0 Å². The van der Waals surface area contributed by atoms with Gasteiger partial charge in [-0.15, -0.1) is 0 Å². The van der Waals surface area contributed by atoms with Gasteiger partial charge in [-0.1, -0.05) is 54.6 Å². The molecule has 5 rings (SSSR count). The molecule has 0 unspecified atom stereocenters. The third-order valence-electron chi connectivity index (χ3n) is 6.21. The Bertz CT molecular complexity index is 1510. The van der Waals surface area contributed by atoms with Crippen LogP contribution in [0.5, 0.6) is 0 Å². The highest BCUT2D eigenvalue weighted by molar-refractivity contribution is 7.90. The Morgan fingerprint density at radius 3 is 2.49 bits per heavy atom. The van der Waals surface area contributed by atoms with Crippen LogP contribution >= 0.6 is 0 Å². The van der Waals surface area contributed by atoms with Crippen molar-refractivity contribution in [1.82, 2.24) is 9.88 Å². The van der Waals surface area contributed by atoms with Crippen molar-refractivity contribution in [1.29, 1.82) is 0 Å². The van der Waals surface area contributed by atoms with Crippen LogP contribution in [0.25, 0.3) is 10.9 Å². The van der Waals surface area contributed by atoms with E-state index in [-0.39, 0.29) is 29.1 Å². The molecule has 1 aliphatic heterocycles. The Morgan fingerprint density at radius 2 is 1.74 bits per heavy atom. The number of aliphatic hydroxyl groups is 1. The fraction of sp³-hybridized carbons (Fsp3) is 0.185. The molecule has 1 fully saturated rings. The first-order chi connectivity index (χ1) is 16.7. The minimum atomic E-state index is -3.88. The molecule has 4 aromatic rings. The first kappa shape index (κ1) is 23.1. The normalized spacial score (nSPS) is 15.1. The van der Waals surface area contributed by atoms with Crippen molar-refractivity contribution < 1.29 is 22.7 Å².